The van der Waals surface area contributed by atoms with Crippen LogP contribution in [0.15, 0.2) is 23.1 Å². The minimum absolute atomic E-state index is 0.112. The monoisotopic (exact) mass is 401 g/mol. The zero-order valence-electron chi connectivity index (χ0n) is 13.9. The van der Waals surface area contributed by atoms with Gasteiger partial charge in [0.1, 0.15) is 5.15 Å². The van der Waals surface area contributed by atoms with Crippen molar-refractivity contribution in [2.45, 2.75) is 25.8 Å². The average Bonchev–Trinajstić information content (AvgIpc) is 2.98. The van der Waals surface area contributed by atoms with Gasteiger partial charge in [0.05, 0.1) is 23.4 Å². The summed E-state index contributed by atoms with van der Waals surface area (Å²) in [5, 5.41) is 1.33. The van der Waals surface area contributed by atoms with Gasteiger partial charge in [0, 0.05) is 24.9 Å². The number of rotatable bonds is 5. The Balaban J connectivity index is 2.12. The van der Waals surface area contributed by atoms with Crippen molar-refractivity contribution in [3.8, 4) is 0 Å². The van der Waals surface area contributed by atoms with E-state index in [-0.39, 0.29) is 22.6 Å². The largest absolute Gasteiger partial charge is 0.383 e. The molecule has 0 saturated carbocycles. The first-order chi connectivity index (χ1) is 12.0. The van der Waals surface area contributed by atoms with Gasteiger partial charge in [0.15, 0.2) is 0 Å². The molecule has 134 valence electrons. The second-order valence-corrected chi connectivity index (χ2v) is 7.14. The van der Waals surface area contributed by atoms with Crippen LogP contribution in [0.25, 0.3) is 0 Å². The Morgan fingerprint density at radius 2 is 2.08 bits per heavy atom. The molecule has 1 aliphatic rings. The van der Waals surface area contributed by atoms with E-state index in [1.165, 1.54) is 0 Å². The number of hydrogen-bond donors (Lipinski definition) is 0. The van der Waals surface area contributed by atoms with E-state index in [1.54, 1.807) is 23.9 Å². The number of nitrogens with zero attached hydrogens (tertiary/aromatic N) is 3. The number of benzene rings is 1. The van der Waals surface area contributed by atoms with Crippen molar-refractivity contribution < 1.29 is 4.74 Å². The van der Waals surface area contributed by atoms with E-state index in [2.05, 4.69) is 4.98 Å². The van der Waals surface area contributed by atoms with Crippen LogP contribution in [0.5, 0.6) is 0 Å². The lowest BCUT2D eigenvalue weighted by atomic mass is 10.2. The van der Waals surface area contributed by atoms with Crippen LogP contribution < -0.4 is 10.5 Å². The summed E-state index contributed by atoms with van der Waals surface area (Å²) < 4.78 is 6.82. The first kappa shape index (κ1) is 18.5. The van der Waals surface area contributed by atoms with Crippen molar-refractivity contribution in [3.05, 3.63) is 49.4 Å². The molecule has 1 aromatic carbocycles. The van der Waals surface area contributed by atoms with Crippen LogP contribution >= 0.6 is 34.8 Å². The molecular formula is C17H18Cl3N3O2. The van der Waals surface area contributed by atoms with E-state index in [1.807, 2.05) is 17.9 Å². The number of ether oxygens (including phenoxy) is 1. The average molecular weight is 403 g/mol. The molecule has 0 amide bonds. The summed E-state index contributed by atoms with van der Waals surface area (Å²) in [5.74, 6) is 0.269. The Morgan fingerprint density at radius 1 is 1.32 bits per heavy atom. The van der Waals surface area contributed by atoms with Gasteiger partial charge in [-0.25, -0.2) is 4.98 Å². The number of anilines is 2. The minimum Gasteiger partial charge on any atom is -0.383 e. The van der Waals surface area contributed by atoms with E-state index in [0.717, 1.165) is 24.1 Å². The zero-order valence-corrected chi connectivity index (χ0v) is 16.2. The highest BCUT2D eigenvalue weighted by Gasteiger charge is 2.28. The van der Waals surface area contributed by atoms with Crippen molar-refractivity contribution in [2.24, 2.45) is 0 Å². The molecule has 1 aliphatic heterocycles. The molecule has 1 atom stereocenters. The second kappa shape index (κ2) is 7.54. The summed E-state index contributed by atoms with van der Waals surface area (Å²) in [7, 11) is 1.61. The standard InChI is InChI=1S/C17H18Cl3N3O2/c1-3-12(9-25-2)23-8-14(20)21-16(17(23)24)22-5-4-10-6-11(18)7-13(19)15(10)22/h6-8,12H,3-5,9H2,1-2H3. The highest BCUT2D eigenvalue weighted by molar-refractivity contribution is 6.37. The van der Waals surface area contributed by atoms with Crippen LogP contribution in [0.2, 0.25) is 15.2 Å². The van der Waals surface area contributed by atoms with E-state index < -0.39 is 0 Å². The molecule has 25 heavy (non-hydrogen) atoms. The van der Waals surface area contributed by atoms with Crippen LogP contribution in [0.3, 0.4) is 0 Å². The van der Waals surface area contributed by atoms with Gasteiger partial charge >= 0.3 is 0 Å². The minimum atomic E-state index is -0.216. The van der Waals surface area contributed by atoms with Crippen molar-refractivity contribution >= 4 is 46.3 Å². The van der Waals surface area contributed by atoms with Gasteiger partial charge in [-0.15, -0.1) is 0 Å². The molecule has 1 unspecified atom stereocenters. The molecule has 0 radical (unpaired) electrons. The second-order valence-electron chi connectivity index (χ2n) is 5.91. The van der Waals surface area contributed by atoms with E-state index in [0.29, 0.717) is 23.2 Å². The maximum absolute atomic E-state index is 13.0. The van der Waals surface area contributed by atoms with E-state index >= 15 is 0 Å². The van der Waals surface area contributed by atoms with E-state index in [9.17, 15) is 4.79 Å². The molecule has 0 saturated heterocycles. The highest BCUT2D eigenvalue weighted by atomic mass is 35.5. The molecule has 3 rings (SSSR count). The molecule has 2 aromatic rings. The van der Waals surface area contributed by atoms with Gasteiger partial charge in [-0.3, -0.25) is 4.79 Å². The van der Waals surface area contributed by atoms with Crippen molar-refractivity contribution in [2.75, 3.05) is 25.2 Å². The zero-order chi connectivity index (χ0) is 18.1. The summed E-state index contributed by atoms with van der Waals surface area (Å²) in [6.07, 6.45) is 3.03. The lowest BCUT2D eigenvalue weighted by Crippen LogP contribution is -2.33. The van der Waals surface area contributed by atoms with E-state index in [4.69, 9.17) is 39.5 Å². The van der Waals surface area contributed by atoms with Crippen molar-refractivity contribution in [1.29, 1.82) is 0 Å². The molecule has 0 N–H and O–H groups in total. The molecule has 1 aromatic heterocycles. The SMILES string of the molecule is CCC(COC)n1cc(Cl)nc(N2CCc3cc(Cl)cc(Cl)c32)c1=O. The number of fused-ring (bicyclic) bond motifs is 1. The quantitative estimate of drug-likeness (QED) is 0.739. The van der Waals surface area contributed by atoms with Crippen LogP contribution in [-0.4, -0.2) is 29.8 Å². The first-order valence-corrected chi connectivity index (χ1v) is 9.12. The topological polar surface area (TPSA) is 47.4 Å². The summed E-state index contributed by atoms with van der Waals surface area (Å²) >= 11 is 18.7. The number of halogens is 3. The molecular weight excluding hydrogens is 385 g/mol. The number of aromatic nitrogens is 2. The molecule has 0 bridgehead atoms. The lowest BCUT2D eigenvalue weighted by Gasteiger charge is -2.23. The molecule has 0 fully saturated rings. The van der Waals surface area contributed by atoms with Gasteiger partial charge in [-0.1, -0.05) is 41.7 Å². The third kappa shape index (κ3) is 3.51. The third-order valence-electron chi connectivity index (χ3n) is 4.35. The first-order valence-electron chi connectivity index (χ1n) is 7.99. The van der Waals surface area contributed by atoms with Crippen LogP contribution in [0.4, 0.5) is 11.5 Å². The normalized spacial score (nSPS) is 14.7. The lowest BCUT2D eigenvalue weighted by molar-refractivity contribution is 0.151. The van der Waals surface area contributed by atoms with Crippen LogP contribution in [0.1, 0.15) is 24.9 Å². The Hall–Kier alpha value is -1.27. The third-order valence-corrected chi connectivity index (χ3v) is 5.03. The molecule has 8 heteroatoms. The van der Waals surface area contributed by atoms with Crippen molar-refractivity contribution in [1.82, 2.24) is 9.55 Å². The molecule has 2 heterocycles. The maximum Gasteiger partial charge on any atom is 0.294 e. The molecule has 0 aliphatic carbocycles. The number of methoxy groups -OCH3 is 1. The van der Waals surface area contributed by atoms with Gasteiger partial charge in [-0.05, 0) is 30.5 Å². The Kier molecular flexibility index (Phi) is 5.58. The fourth-order valence-corrected chi connectivity index (χ4v) is 3.99. The maximum atomic E-state index is 13.0. The summed E-state index contributed by atoms with van der Waals surface area (Å²) in [6.45, 7) is 3.01. The van der Waals surface area contributed by atoms with Crippen LogP contribution in [0, 0.1) is 0 Å². The number of hydrogen-bond acceptors (Lipinski definition) is 4. The summed E-state index contributed by atoms with van der Waals surface area (Å²) in [5.41, 5.74) is 1.55. The van der Waals surface area contributed by atoms with Gasteiger partial charge < -0.3 is 14.2 Å². The van der Waals surface area contributed by atoms with Gasteiger partial charge in [0.25, 0.3) is 5.56 Å². The van der Waals surface area contributed by atoms with Gasteiger partial charge in [-0.2, -0.15) is 0 Å². The molecule has 0 spiro atoms. The smallest absolute Gasteiger partial charge is 0.294 e. The Labute approximate surface area is 161 Å². The van der Waals surface area contributed by atoms with Crippen molar-refractivity contribution in [3.63, 3.8) is 0 Å². The fourth-order valence-electron chi connectivity index (χ4n) is 3.17. The van der Waals surface area contributed by atoms with Crippen LogP contribution in [-0.2, 0) is 11.2 Å². The highest BCUT2D eigenvalue weighted by Crippen LogP contribution is 2.40. The Morgan fingerprint density at radius 3 is 2.76 bits per heavy atom. The van der Waals surface area contributed by atoms with Gasteiger partial charge in [0.2, 0.25) is 5.82 Å². The summed E-state index contributed by atoms with van der Waals surface area (Å²) in [4.78, 5) is 19.1. The fraction of sp³-hybridized carbons (Fsp3) is 0.412. The molecule has 5 nitrogen and oxygen atoms in total. The Bertz CT molecular complexity index is 854. The predicted molar refractivity (Wildman–Crippen MR) is 102 cm³/mol. The predicted octanol–water partition coefficient (Wildman–Crippen LogP) is 4.50. The summed E-state index contributed by atoms with van der Waals surface area (Å²) in [6, 6.07) is 3.42.